The van der Waals surface area contributed by atoms with E-state index >= 15 is 0 Å². The number of aromatic nitrogens is 2. The Morgan fingerprint density at radius 3 is 1.75 bits per heavy atom. The van der Waals surface area contributed by atoms with Crippen LogP contribution >= 0.6 is 0 Å². The number of hydrogen-bond acceptors (Lipinski definition) is 4. The van der Waals surface area contributed by atoms with Crippen molar-refractivity contribution in [2.75, 3.05) is 0 Å². The second-order valence-electron chi connectivity index (χ2n) is 14.6. The maximum absolute atomic E-state index is 6.73. The van der Waals surface area contributed by atoms with Crippen LogP contribution in [0, 0.1) is 0 Å². The minimum Gasteiger partial charge on any atom is -0.456 e. The summed E-state index contributed by atoms with van der Waals surface area (Å²) < 4.78 is 11.5. The van der Waals surface area contributed by atoms with Gasteiger partial charge in [-0.1, -0.05) is 127 Å². The molecule has 12 rings (SSSR count). The van der Waals surface area contributed by atoms with Gasteiger partial charge < -0.3 is 18.9 Å². The van der Waals surface area contributed by atoms with Gasteiger partial charge in [0.15, 0.2) is 5.84 Å². The summed E-state index contributed by atoms with van der Waals surface area (Å²) in [7, 11) is 0. The van der Waals surface area contributed by atoms with Gasteiger partial charge >= 0.3 is 0 Å². The Labute approximate surface area is 327 Å². The van der Waals surface area contributed by atoms with Gasteiger partial charge in [-0.15, -0.1) is 0 Å². The Balaban J connectivity index is 1.05. The van der Waals surface area contributed by atoms with E-state index in [0.29, 0.717) is 5.84 Å². The zero-order chi connectivity index (χ0) is 37.5. The van der Waals surface area contributed by atoms with Crippen LogP contribution in [0.3, 0.4) is 0 Å². The first-order valence-electron chi connectivity index (χ1n) is 19.3. The summed E-state index contributed by atoms with van der Waals surface area (Å²) in [5, 5.41) is 10.6. The molecule has 4 heterocycles. The van der Waals surface area contributed by atoms with Crippen LogP contribution in [0.4, 0.5) is 0 Å². The largest absolute Gasteiger partial charge is 0.456 e. The number of furan rings is 1. The third-order valence-corrected chi connectivity index (χ3v) is 11.4. The summed E-state index contributed by atoms with van der Waals surface area (Å²) in [5.41, 5.74) is 11.5. The lowest BCUT2D eigenvalue weighted by Crippen LogP contribution is -2.33. The third-order valence-electron chi connectivity index (χ3n) is 11.4. The van der Waals surface area contributed by atoms with Crippen LogP contribution in [0.25, 0.3) is 76.9 Å². The molecule has 1 unspecified atom stereocenters. The van der Waals surface area contributed by atoms with E-state index in [1.807, 2.05) is 36.4 Å². The van der Waals surface area contributed by atoms with Crippen molar-refractivity contribution in [1.29, 1.82) is 0 Å². The quantitative estimate of drug-likeness (QED) is 0.192. The van der Waals surface area contributed by atoms with Crippen LogP contribution in [-0.4, -0.2) is 20.8 Å². The van der Waals surface area contributed by atoms with Gasteiger partial charge in [-0.25, -0.2) is 9.98 Å². The van der Waals surface area contributed by atoms with E-state index in [1.54, 1.807) is 0 Å². The number of rotatable bonds is 5. The predicted molar refractivity (Wildman–Crippen MR) is 234 cm³/mol. The van der Waals surface area contributed by atoms with Crippen molar-refractivity contribution >= 4 is 77.2 Å². The molecule has 6 nitrogen and oxygen atoms in total. The molecule has 1 aliphatic rings. The highest BCUT2D eigenvalue weighted by Crippen LogP contribution is 2.41. The number of benzene rings is 8. The van der Waals surface area contributed by atoms with Crippen molar-refractivity contribution in [3.63, 3.8) is 0 Å². The Bertz CT molecular complexity index is 3430. The Hall–Kier alpha value is -7.70. The summed E-state index contributed by atoms with van der Waals surface area (Å²) >= 11 is 0. The fourth-order valence-electron chi connectivity index (χ4n) is 8.84. The lowest BCUT2D eigenvalue weighted by Gasteiger charge is -2.24. The summed E-state index contributed by atoms with van der Waals surface area (Å²) in [4.78, 5) is 10.2. The Morgan fingerprint density at radius 1 is 0.439 bits per heavy atom. The molecule has 6 heteroatoms. The van der Waals surface area contributed by atoms with E-state index in [-0.39, 0.29) is 6.17 Å². The first-order valence-corrected chi connectivity index (χ1v) is 19.3. The van der Waals surface area contributed by atoms with E-state index < -0.39 is 0 Å². The molecule has 0 amide bonds. The predicted octanol–water partition coefficient (Wildman–Crippen LogP) is 12.3. The highest BCUT2D eigenvalue weighted by molar-refractivity contribution is 6.19. The molecule has 11 aromatic rings. The van der Waals surface area contributed by atoms with Crippen LogP contribution in [-0.2, 0) is 0 Å². The van der Waals surface area contributed by atoms with Crippen LogP contribution in [0.15, 0.2) is 202 Å². The van der Waals surface area contributed by atoms with E-state index in [0.717, 1.165) is 66.9 Å². The van der Waals surface area contributed by atoms with Crippen molar-refractivity contribution in [2.24, 2.45) is 9.98 Å². The molecule has 0 saturated carbocycles. The van der Waals surface area contributed by atoms with E-state index in [2.05, 4.69) is 166 Å². The molecule has 57 heavy (non-hydrogen) atoms. The van der Waals surface area contributed by atoms with Crippen LogP contribution in [0.1, 0.15) is 22.9 Å². The molecule has 0 aliphatic carbocycles. The van der Waals surface area contributed by atoms with Crippen molar-refractivity contribution in [3.05, 3.63) is 205 Å². The van der Waals surface area contributed by atoms with Crippen molar-refractivity contribution < 1.29 is 4.42 Å². The fraction of sp³-hybridized carbons (Fsp3) is 0.0196. The minimum atomic E-state index is -0.381. The molecule has 0 saturated heterocycles. The monoisotopic (exact) mass is 731 g/mol. The minimum absolute atomic E-state index is 0.381. The molecule has 1 aliphatic heterocycles. The Morgan fingerprint density at radius 2 is 1.05 bits per heavy atom. The zero-order valence-corrected chi connectivity index (χ0v) is 30.7. The number of para-hydroxylation sites is 3. The van der Waals surface area contributed by atoms with Gasteiger partial charge in [0.2, 0.25) is 0 Å². The second-order valence-corrected chi connectivity index (χ2v) is 14.6. The van der Waals surface area contributed by atoms with E-state index in [4.69, 9.17) is 14.4 Å². The van der Waals surface area contributed by atoms with Gasteiger partial charge in [0, 0.05) is 66.4 Å². The lowest BCUT2D eigenvalue weighted by molar-refractivity contribution is 0.662. The summed E-state index contributed by atoms with van der Waals surface area (Å²) in [5.74, 6) is 1.48. The molecule has 0 spiro atoms. The number of fused-ring (bicyclic) bond motifs is 9. The highest BCUT2D eigenvalue weighted by Gasteiger charge is 2.25. The van der Waals surface area contributed by atoms with Crippen LogP contribution < -0.4 is 5.32 Å². The molecule has 0 fully saturated rings. The molecule has 3 aromatic heterocycles. The second kappa shape index (κ2) is 12.4. The molecule has 0 bridgehead atoms. The van der Waals surface area contributed by atoms with Gasteiger partial charge in [0.05, 0.1) is 22.1 Å². The highest BCUT2D eigenvalue weighted by atomic mass is 16.3. The Kier molecular flexibility index (Phi) is 6.89. The standard InChI is InChI=1S/C51H33N5O/c1-4-15-32(16-5-1)49-52-50(33-17-6-2-7-18-33)54-51(53-49)39-23-14-26-46-48(39)38-28-27-35(29-47(38)57-46)56-43-25-13-11-22-37(43)41-30-40-36-21-10-12-24-42(36)55(44(40)31-45(41)56)34-19-8-3-9-20-34/h1-31,51H,(H,52,53,54). The van der Waals surface area contributed by atoms with Crippen LogP contribution in [0.5, 0.6) is 0 Å². The van der Waals surface area contributed by atoms with Crippen LogP contribution in [0.2, 0.25) is 0 Å². The molecule has 0 radical (unpaired) electrons. The third kappa shape index (κ3) is 4.90. The molecule has 1 N–H and O–H groups in total. The first-order chi connectivity index (χ1) is 28.3. The molecule has 268 valence electrons. The van der Waals surface area contributed by atoms with Gasteiger partial charge in [-0.05, 0) is 54.6 Å². The van der Waals surface area contributed by atoms with Gasteiger partial charge in [-0.2, -0.15) is 0 Å². The first kappa shape index (κ1) is 31.6. The average Bonchev–Trinajstić information content (AvgIpc) is 3.93. The van der Waals surface area contributed by atoms with Gasteiger partial charge in [0.1, 0.15) is 23.2 Å². The average molecular weight is 732 g/mol. The molecular weight excluding hydrogens is 699 g/mol. The lowest BCUT2D eigenvalue weighted by atomic mass is 10.0. The number of nitrogens with zero attached hydrogens (tertiary/aromatic N) is 4. The smallest absolute Gasteiger partial charge is 0.159 e. The summed E-state index contributed by atoms with van der Waals surface area (Å²) in [6.07, 6.45) is -0.381. The normalized spacial score (nSPS) is 14.5. The zero-order valence-electron chi connectivity index (χ0n) is 30.7. The van der Waals surface area contributed by atoms with E-state index in [9.17, 15) is 0 Å². The van der Waals surface area contributed by atoms with E-state index in [1.165, 1.54) is 32.6 Å². The van der Waals surface area contributed by atoms with Crippen molar-refractivity contribution in [2.45, 2.75) is 6.17 Å². The number of nitrogens with one attached hydrogen (secondary N) is 1. The SMILES string of the molecule is c1ccc(C2=NC(c3cccc4oc5cc(-n6c7ccccc7c7cc8c9ccccc9n(-c9ccccc9)c8cc76)ccc5c34)NC(c3ccccc3)=N2)cc1. The maximum Gasteiger partial charge on any atom is 0.159 e. The topological polar surface area (TPSA) is 59.8 Å². The molecule has 1 atom stereocenters. The van der Waals surface area contributed by atoms with Crippen molar-refractivity contribution in [1.82, 2.24) is 14.5 Å². The van der Waals surface area contributed by atoms with Gasteiger partial charge in [-0.3, -0.25) is 0 Å². The maximum atomic E-state index is 6.73. The molecular formula is C51H33N5O. The summed E-state index contributed by atoms with van der Waals surface area (Å²) in [6.45, 7) is 0. The summed E-state index contributed by atoms with van der Waals surface area (Å²) in [6, 6.07) is 66.1. The number of amidine groups is 2. The van der Waals surface area contributed by atoms with Gasteiger partial charge in [0.25, 0.3) is 0 Å². The number of hydrogen-bond donors (Lipinski definition) is 1. The van der Waals surface area contributed by atoms with Crippen molar-refractivity contribution in [3.8, 4) is 11.4 Å². The number of aliphatic imine (C=N–C) groups is 2. The molecule has 8 aromatic carbocycles. The fourth-order valence-corrected chi connectivity index (χ4v) is 8.84.